The summed E-state index contributed by atoms with van der Waals surface area (Å²) in [5, 5.41) is 0. The zero-order chi connectivity index (χ0) is 26.8. The summed E-state index contributed by atoms with van der Waals surface area (Å²) in [6.45, 7) is 0.489. The van der Waals surface area contributed by atoms with Gasteiger partial charge in [-0.3, -0.25) is 0 Å². The lowest BCUT2D eigenvalue weighted by Crippen LogP contribution is -2.49. The molecule has 0 aliphatic carbocycles. The number of para-hydroxylation sites is 1. The minimum Gasteiger partial charge on any atom is -0.457 e. The van der Waals surface area contributed by atoms with Crippen LogP contribution in [0.5, 0.6) is 11.5 Å². The molecule has 4 aromatic rings. The predicted octanol–water partition coefficient (Wildman–Crippen LogP) is 5.47. The van der Waals surface area contributed by atoms with Gasteiger partial charge in [0, 0.05) is 37.9 Å². The van der Waals surface area contributed by atoms with E-state index in [1.807, 2.05) is 59.5 Å². The van der Waals surface area contributed by atoms with Crippen molar-refractivity contribution in [1.82, 2.24) is 14.3 Å². The van der Waals surface area contributed by atoms with Crippen molar-refractivity contribution in [2.24, 2.45) is 0 Å². The van der Waals surface area contributed by atoms with E-state index in [1.54, 1.807) is 12.3 Å². The van der Waals surface area contributed by atoms with Gasteiger partial charge in [0.25, 0.3) is 0 Å². The van der Waals surface area contributed by atoms with Crippen molar-refractivity contribution in [3.05, 3.63) is 96.7 Å². The first-order valence-corrected chi connectivity index (χ1v) is 13.2. The van der Waals surface area contributed by atoms with Gasteiger partial charge in [-0.15, -0.1) is 0 Å². The molecule has 1 fully saturated rings. The molecule has 2 heterocycles. The van der Waals surface area contributed by atoms with E-state index in [9.17, 15) is 21.6 Å². The number of alkyl halides is 3. The highest BCUT2D eigenvalue weighted by Gasteiger charge is 2.39. The van der Waals surface area contributed by atoms with Gasteiger partial charge in [0.2, 0.25) is 16.0 Å². The maximum Gasteiger partial charge on any atom is 0.417 e. The fourth-order valence-electron chi connectivity index (χ4n) is 4.17. The number of hydrogen-bond acceptors (Lipinski definition) is 6. The van der Waals surface area contributed by atoms with Gasteiger partial charge in [-0.05, 0) is 54.6 Å². The monoisotopic (exact) mass is 540 g/mol. The summed E-state index contributed by atoms with van der Waals surface area (Å²) in [7, 11) is -4.33. The van der Waals surface area contributed by atoms with Crippen molar-refractivity contribution in [1.29, 1.82) is 0 Å². The molecule has 1 saturated heterocycles. The molecule has 0 N–H and O–H groups in total. The van der Waals surface area contributed by atoms with Gasteiger partial charge in [0.05, 0.1) is 16.2 Å². The van der Waals surface area contributed by atoms with Crippen LogP contribution in [0, 0.1) is 0 Å². The van der Waals surface area contributed by atoms with Crippen molar-refractivity contribution in [3.8, 4) is 22.8 Å². The molecule has 0 bridgehead atoms. The lowest BCUT2D eigenvalue weighted by Gasteiger charge is -2.34. The number of rotatable bonds is 6. The van der Waals surface area contributed by atoms with Gasteiger partial charge < -0.3 is 9.64 Å². The Labute approximate surface area is 218 Å². The van der Waals surface area contributed by atoms with Crippen LogP contribution in [0.15, 0.2) is 96.0 Å². The summed E-state index contributed by atoms with van der Waals surface area (Å²) in [4.78, 5) is 10.0. The SMILES string of the molecule is O=S(=O)(c1ccccc1C(F)(F)F)N1CCN(c2nccc(-c3ccc(Oc4ccccc4)cc3)n2)CC1. The van der Waals surface area contributed by atoms with Crippen molar-refractivity contribution in [2.75, 3.05) is 31.1 Å². The van der Waals surface area contributed by atoms with E-state index in [2.05, 4.69) is 9.97 Å². The predicted molar refractivity (Wildman–Crippen MR) is 136 cm³/mol. The van der Waals surface area contributed by atoms with Crippen LogP contribution in [-0.4, -0.2) is 48.9 Å². The van der Waals surface area contributed by atoms with Gasteiger partial charge in [0.1, 0.15) is 11.5 Å². The van der Waals surface area contributed by atoms with Crippen LogP contribution in [0.1, 0.15) is 5.56 Å². The highest BCUT2D eigenvalue weighted by molar-refractivity contribution is 7.89. The average molecular weight is 541 g/mol. The van der Waals surface area contributed by atoms with Crippen molar-refractivity contribution in [3.63, 3.8) is 0 Å². The number of anilines is 1. The Morgan fingerprint density at radius 1 is 0.763 bits per heavy atom. The molecule has 0 atom stereocenters. The van der Waals surface area contributed by atoms with E-state index in [0.717, 1.165) is 27.8 Å². The Morgan fingerprint density at radius 3 is 2.08 bits per heavy atom. The number of nitrogens with zero attached hydrogens (tertiary/aromatic N) is 4. The lowest BCUT2D eigenvalue weighted by atomic mass is 10.1. The molecule has 11 heteroatoms. The van der Waals surface area contributed by atoms with Crippen LogP contribution in [0.2, 0.25) is 0 Å². The normalized spacial score (nSPS) is 14.9. The Bertz CT molecular complexity index is 1510. The molecule has 0 amide bonds. The standard InChI is InChI=1S/C27H23F3N4O3S/c28-27(29,30)23-8-4-5-9-25(23)38(35,36)34-18-16-33(17-19-34)26-31-15-14-24(32-26)20-10-12-22(13-11-20)37-21-6-2-1-3-7-21/h1-15H,16-19H2. The molecule has 1 aliphatic rings. The van der Waals surface area contributed by atoms with E-state index >= 15 is 0 Å². The topological polar surface area (TPSA) is 75.6 Å². The van der Waals surface area contributed by atoms with Crippen molar-refractivity contribution in [2.45, 2.75) is 11.1 Å². The first kappa shape index (κ1) is 25.7. The molecular weight excluding hydrogens is 517 g/mol. The zero-order valence-corrected chi connectivity index (χ0v) is 20.9. The summed E-state index contributed by atoms with van der Waals surface area (Å²) in [5.41, 5.74) is 0.355. The second-order valence-corrected chi connectivity index (χ2v) is 10.5. The lowest BCUT2D eigenvalue weighted by molar-refractivity contribution is -0.139. The second kappa shape index (κ2) is 10.4. The van der Waals surface area contributed by atoms with Crippen LogP contribution >= 0.6 is 0 Å². The van der Waals surface area contributed by atoms with Gasteiger partial charge >= 0.3 is 6.18 Å². The summed E-state index contributed by atoms with van der Waals surface area (Å²) >= 11 is 0. The van der Waals surface area contributed by atoms with Crippen molar-refractivity contribution >= 4 is 16.0 Å². The van der Waals surface area contributed by atoms with E-state index < -0.39 is 26.7 Å². The van der Waals surface area contributed by atoms with E-state index in [0.29, 0.717) is 17.4 Å². The number of benzene rings is 3. The molecule has 0 spiro atoms. The number of ether oxygens (including phenoxy) is 1. The maximum atomic E-state index is 13.4. The number of hydrogen-bond donors (Lipinski definition) is 0. The number of aromatic nitrogens is 2. The third kappa shape index (κ3) is 5.48. The average Bonchev–Trinajstić information content (AvgIpc) is 2.94. The van der Waals surface area contributed by atoms with Crippen molar-refractivity contribution < 1.29 is 26.3 Å². The number of halogens is 3. The molecule has 0 saturated carbocycles. The molecule has 0 unspecified atom stereocenters. The Hall–Kier alpha value is -3.96. The molecule has 0 radical (unpaired) electrons. The molecule has 1 aliphatic heterocycles. The third-order valence-electron chi connectivity index (χ3n) is 6.10. The van der Waals surface area contributed by atoms with Crippen LogP contribution in [0.3, 0.4) is 0 Å². The maximum absolute atomic E-state index is 13.4. The molecule has 3 aromatic carbocycles. The minimum atomic E-state index is -4.77. The molecular formula is C27H23F3N4O3S. The van der Waals surface area contributed by atoms with Crippen LogP contribution in [-0.2, 0) is 16.2 Å². The highest BCUT2D eigenvalue weighted by atomic mass is 32.2. The molecule has 7 nitrogen and oxygen atoms in total. The zero-order valence-electron chi connectivity index (χ0n) is 20.0. The summed E-state index contributed by atoms with van der Waals surface area (Å²) in [6.07, 6.45) is -3.15. The van der Waals surface area contributed by atoms with Crippen LogP contribution < -0.4 is 9.64 Å². The molecule has 196 valence electrons. The van der Waals surface area contributed by atoms with Gasteiger partial charge in [0.15, 0.2) is 0 Å². The van der Waals surface area contributed by atoms with Gasteiger partial charge in [-0.25, -0.2) is 18.4 Å². The number of sulfonamides is 1. The smallest absolute Gasteiger partial charge is 0.417 e. The van der Waals surface area contributed by atoms with E-state index in [1.165, 1.54) is 12.1 Å². The molecule has 1 aromatic heterocycles. The molecule has 5 rings (SSSR count). The minimum absolute atomic E-state index is 0.00757. The largest absolute Gasteiger partial charge is 0.457 e. The summed E-state index contributed by atoms with van der Waals surface area (Å²) in [6, 6.07) is 22.9. The van der Waals surface area contributed by atoms with Gasteiger partial charge in [-0.2, -0.15) is 17.5 Å². The number of piperazine rings is 1. The molecule has 38 heavy (non-hydrogen) atoms. The Balaban J connectivity index is 1.28. The Kier molecular flexibility index (Phi) is 7.04. The summed E-state index contributed by atoms with van der Waals surface area (Å²) in [5.74, 6) is 1.83. The van der Waals surface area contributed by atoms with Gasteiger partial charge in [-0.1, -0.05) is 30.3 Å². The highest BCUT2D eigenvalue weighted by Crippen LogP contribution is 2.35. The van der Waals surface area contributed by atoms with Crippen LogP contribution in [0.4, 0.5) is 19.1 Å². The van der Waals surface area contributed by atoms with E-state index in [4.69, 9.17) is 4.74 Å². The van der Waals surface area contributed by atoms with E-state index in [-0.39, 0.29) is 26.2 Å². The fraction of sp³-hybridized carbons (Fsp3) is 0.185. The first-order chi connectivity index (χ1) is 18.2. The third-order valence-corrected chi connectivity index (χ3v) is 8.06. The fourth-order valence-corrected chi connectivity index (χ4v) is 5.81. The first-order valence-electron chi connectivity index (χ1n) is 11.8. The Morgan fingerprint density at radius 2 is 1.39 bits per heavy atom. The van der Waals surface area contributed by atoms with Crippen LogP contribution in [0.25, 0.3) is 11.3 Å². The quantitative estimate of drug-likeness (QED) is 0.323. The summed E-state index contributed by atoms with van der Waals surface area (Å²) < 4.78 is 73.2. The second-order valence-electron chi connectivity index (χ2n) is 8.57.